The first-order valence-electron chi connectivity index (χ1n) is 13.1. The van der Waals surface area contributed by atoms with Crippen LogP contribution < -0.4 is 0 Å². The van der Waals surface area contributed by atoms with E-state index in [9.17, 15) is 9.90 Å². The Kier molecular flexibility index (Phi) is 9.54. The highest BCUT2D eigenvalue weighted by atomic mass is 16.3. The van der Waals surface area contributed by atoms with E-state index in [4.69, 9.17) is 0 Å². The van der Waals surface area contributed by atoms with Crippen LogP contribution in [0.15, 0.2) is 48.5 Å². The molecule has 34 heavy (non-hydrogen) atoms. The number of unbranched alkanes of at least 4 members (excludes halogenated alkanes) is 2. The summed E-state index contributed by atoms with van der Waals surface area (Å²) in [5, 5.41) is 10.2. The van der Waals surface area contributed by atoms with Gasteiger partial charge < -0.3 is 10.0 Å². The van der Waals surface area contributed by atoms with E-state index < -0.39 is 0 Å². The molecule has 1 heterocycles. The zero-order chi connectivity index (χ0) is 24.7. The zero-order valence-corrected chi connectivity index (χ0v) is 21.7. The SMILES string of the molecule is CCCCCN1C[C@@H](C)N([C@@H](c2ccc(C(=O)N(CC)CC)cc2)c2cccc(O)c2)C[C@H]1C. The lowest BCUT2D eigenvalue weighted by Crippen LogP contribution is -2.57. The number of carbonyl (C=O) groups excluding carboxylic acids is 1. The first-order valence-corrected chi connectivity index (χ1v) is 13.1. The molecule has 3 atom stereocenters. The second-order valence-electron chi connectivity index (χ2n) is 9.69. The van der Waals surface area contributed by atoms with Crippen LogP contribution in [-0.2, 0) is 0 Å². The fraction of sp³-hybridized carbons (Fsp3) is 0.552. The Morgan fingerprint density at radius 2 is 1.68 bits per heavy atom. The Hall–Kier alpha value is -2.37. The van der Waals surface area contributed by atoms with E-state index in [1.54, 1.807) is 6.07 Å². The van der Waals surface area contributed by atoms with Gasteiger partial charge in [-0.3, -0.25) is 14.6 Å². The maximum Gasteiger partial charge on any atom is 0.253 e. The molecule has 1 aliphatic heterocycles. The number of phenols is 1. The summed E-state index contributed by atoms with van der Waals surface area (Å²) in [7, 11) is 0. The van der Waals surface area contributed by atoms with Gasteiger partial charge in [-0.05, 0) is 76.1 Å². The van der Waals surface area contributed by atoms with Crippen molar-refractivity contribution < 1.29 is 9.90 Å². The fourth-order valence-corrected chi connectivity index (χ4v) is 5.23. The van der Waals surface area contributed by atoms with Gasteiger partial charge in [0.2, 0.25) is 0 Å². The van der Waals surface area contributed by atoms with Gasteiger partial charge >= 0.3 is 0 Å². The molecular weight excluding hydrogens is 422 g/mol. The van der Waals surface area contributed by atoms with Gasteiger partial charge in [0.15, 0.2) is 0 Å². The van der Waals surface area contributed by atoms with Crippen LogP contribution in [0.25, 0.3) is 0 Å². The predicted octanol–water partition coefficient (Wildman–Crippen LogP) is 5.55. The number of piperazine rings is 1. The lowest BCUT2D eigenvalue weighted by atomic mass is 9.92. The Bertz CT molecular complexity index is 910. The van der Waals surface area contributed by atoms with Crippen LogP contribution in [0, 0.1) is 0 Å². The highest BCUT2D eigenvalue weighted by molar-refractivity contribution is 5.94. The Balaban J connectivity index is 1.89. The third-order valence-corrected chi connectivity index (χ3v) is 7.25. The summed E-state index contributed by atoms with van der Waals surface area (Å²) >= 11 is 0. The molecule has 0 aliphatic carbocycles. The van der Waals surface area contributed by atoms with E-state index in [-0.39, 0.29) is 17.7 Å². The molecule has 0 bridgehead atoms. The smallest absolute Gasteiger partial charge is 0.253 e. The molecule has 0 aromatic heterocycles. The van der Waals surface area contributed by atoms with Crippen LogP contribution in [0.1, 0.15) is 81.4 Å². The summed E-state index contributed by atoms with van der Waals surface area (Å²) in [4.78, 5) is 19.9. The summed E-state index contributed by atoms with van der Waals surface area (Å²) in [5.41, 5.74) is 2.96. The van der Waals surface area contributed by atoms with Gasteiger partial charge in [0, 0.05) is 43.8 Å². The molecule has 0 spiro atoms. The van der Waals surface area contributed by atoms with Crippen molar-refractivity contribution in [2.24, 2.45) is 0 Å². The molecule has 1 saturated heterocycles. The van der Waals surface area contributed by atoms with Gasteiger partial charge in [-0.25, -0.2) is 0 Å². The minimum Gasteiger partial charge on any atom is -0.508 e. The maximum absolute atomic E-state index is 12.8. The highest BCUT2D eigenvalue weighted by Crippen LogP contribution is 2.34. The van der Waals surface area contributed by atoms with Crippen molar-refractivity contribution in [3.05, 3.63) is 65.2 Å². The van der Waals surface area contributed by atoms with Crippen molar-refractivity contribution in [1.29, 1.82) is 0 Å². The van der Waals surface area contributed by atoms with Crippen LogP contribution in [0.2, 0.25) is 0 Å². The first kappa shape index (κ1) is 26.2. The number of nitrogens with zero attached hydrogens (tertiary/aromatic N) is 3. The Morgan fingerprint density at radius 1 is 0.971 bits per heavy atom. The Morgan fingerprint density at radius 3 is 2.29 bits per heavy atom. The largest absolute Gasteiger partial charge is 0.508 e. The normalized spacial score (nSPS) is 20.3. The number of aromatic hydroxyl groups is 1. The van der Waals surface area contributed by atoms with E-state index in [0.29, 0.717) is 25.2 Å². The number of hydrogen-bond acceptors (Lipinski definition) is 4. The second-order valence-corrected chi connectivity index (χ2v) is 9.69. The molecule has 1 amide bonds. The van der Waals surface area contributed by atoms with Gasteiger partial charge in [0.25, 0.3) is 5.91 Å². The summed E-state index contributed by atoms with van der Waals surface area (Å²) in [6.45, 7) is 15.5. The number of hydrogen-bond donors (Lipinski definition) is 1. The van der Waals surface area contributed by atoms with Crippen molar-refractivity contribution in [3.63, 3.8) is 0 Å². The minimum atomic E-state index is 0.0277. The van der Waals surface area contributed by atoms with Gasteiger partial charge in [0.1, 0.15) is 5.75 Å². The van der Waals surface area contributed by atoms with Gasteiger partial charge in [-0.15, -0.1) is 0 Å². The van der Waals surface area contributed by atoms with Crippen LogP contribution in [0.3, 0.4) is 0 Å². The topological polar surface area (TPSA) is 47.0 Å². The molecule has 3 rings (SSSR count). The van der Waals surface area contributed by atoms with Crippen LogP contribution >= 0.6 is 0 Å². The monoisotopic (exact) mass is 465 g/mol. The van der Waals surface area contributed by atoms with Crippen LogP contribution in [0.4, 0.5) is 0 Å². The van der Waals surface area contributed by atoms with Gasteiger partial charge in [0.05, 0.1) is 6.04 Å². The lowest BCUT2D eigenvalue weighted by molar-refractivity contribution is 0.0232. The molecular formula is C29H43N3O2. The van der Waals surface area contributed by atoms with Gasteiger partial charge in [-0.1, -0.05) is 44.0 Å². The standard InChI is InChI=1S/C29H43N3O2/c1-6-9-10-18-31-20-23(5)32(21-22(31)4)28(26-12-11-13-27(33)19-26)24-14-16-25(17-15-24)29(34)30(7-2)8-3/h11-17,19,22-23,28,33H,6-10,18,20-21H2,1-5H3/t22-,23-,28+/m1/s1. The van der Waals surface area contributed by atoms with Crippen molar-refractivity contribution in [3.8, 4) is 5.75 Å². The van der Waals surface area contributed by atoms with Crippen molar-refractivity contribution >= 4 is 5.91 Å². The summed E-state index contributed by atoms with van der Waals surface area (Å²) < 4.78 is 0. The summed E-state index contributed by atoms with van der Waals surface area (Å²) in [6.07, 6.45) is 3.79. The third kappa shape index (κ3) is 6.19. The van der Waals surface area contributed by atoms with E-state index >= 15 is 0 Å². The fourth-order valence-electron chi connectivity index (χ4n) is 5.23. The van der Waals surface area contributed by atoms with Crippen molar-refractivity contribution in [2.75, 3.05) is 32.7 Å². The number of carbonyl (C=O) groups is 1. The first-order chi connectivity index (χ1) is 16.4. The minimum absolute atomic E-state index is 0.0277. The van der Waals surface area contributed by atoms with E-state index in [0.717, 1.165) is 36.3 Å². The third-order valence-electron chi connectivity index (χ3n) is 7.25. The molecule has 1 aliphatic rings. The molecule has 1 fully saturated rings. The molecule has 186 valence electrons. The van der Waals surface area contributed by atoms with E-state index in [1.165, 1.54) is 19.3 Å². The van der Waals surface area contributed by atoms with Crippen LogP contribution in [-0.4, -0.2) is 70.5 Å². The highest BCUT2D eigenvalue weighted by Gasteiger charge is 2.34. The molecule has 0 saturated carbocycles. The van der Waals surface area contributed by atoms with Crippen molar-refractivity contribution in [1.82, 2.24) is 14.7 Å². The van der Waals surface area contributed by atoms with E-state index in [2.05, 4.69) is 48.8 Å². The van der Waals surface area contributed by atoms with Crippen LogP contribution in [0.5, 0.6) is 5.75 Å². The average Bonchev–Trinajstić information content (AvgIpc) is 2.83. The molecule has 5 nitrogen and oxygen atoms in total. The lowest BCUT2D eigenvalue weighted by Gasteiger charge is -2.47. The average molecular weight is 466 g/mol. The zero-order valence-electron chi connectivity index (χ0n) is 21.7. The maximum atomic E-state index is 12.8. The van der Waals surface area contributed by atoms with Gasteiger partial charge in [-0.2, -0.15) is 0 Å². The predicted molar refractivity (Wildman–Crippen MR) is 140 cm³/mol. The molecule has 1 N–H and O–H groups in total. The quantitative estimate of drug-likeness (QED) is 0.468. The number of amides is 1. The number of benzene rings is 2. The number of rotatable bonds is 10. The van der Waals surface area contributed by atoms with Crippen molar-refractivity contribution in [2.45, 2.75) is 72.0 Å². The molecule has 2 aromatic rings. The Labute approximate surface area is 206 Å². The molecule has 2 aromatic carbocycles. The molecule has 0 radical (unpaired) electrons. The van der Waals surface area contributed by atoms with E-state index in [1.807, 2.05) is 43.0 Å². The summed E-state index contributed by atoms with van der Waals surface area (Å²) in [6, 6.07) is 16.6. The molecule has 5 heteroatoms. The number of phenolic OH excluding ortho intramolecular Hbond substituents is 1. The molecule has 0 unspecified atom stereocenters. The second kappa shape index (κ2) is 12.4. The summed E-state index contributed by atoms with van der Waals surface area (Å²) in [5.74, 6) is 0.364.